The lowest BCUT2D eigenvalue weighted by Gasteiger charge is -2.14. The van der Waals surface area contributed by atoms with Gasteiger partial charge in [0.2, 0.25) is 5.91 Å². The van der Waals surface area contributed by atoms with Crippen molar-refractivity contribution in [1.29, 1.82) is 0 Å². The highest BCUT2D eigenvalue weighted by molar-refractivity contribution is 5.77. The third-order valence-electron chi connectivity index (χ3n) is 2.62. The number of carbonyl (C=O) groups is 1. The molecule has 3 N–H and O–H groups in total. The molecule has 1 rings (SSSR count). The molecule has 1 unspecified atom stereocenters. The van der Waals surface area contributed by atoms with Crippen molar-refractivity contribution in [3.8, 4) is 0 Å². The van der Waals surface area contributed by atoms with Crippen molar-refractivity contribution >= 4 is 5.91 Å². The van der Waals surface area contributed by atoms with Crippen molar-refractivity contribution in [1.82, 2.24) is 10.6 Å². The molecule has 1 amide bonds. The molecule has 1 atom stereocenters. The zero-order valence-corrected chi connectivity index (χ0v) is 12.1. The fraction of sp³-hybridized carbons (Fsp3) is 0.533. The normalized spacial score (nSPS) is 12.4. The molecule has 0 fully saturated rings. The predicted octanol–water partition coefficient (Wildman–Crippen LogP) is 0.678. The first-order chi connectivity index (χ1) is 9.58. The van der Waals surface area contributed by atoms with Crippen LogP contribution in [0.3, 0.4) is 0 Å². The van der Waals surface area contributed by atoms with Crippen LogP contribution in [0, 0.1) is 0 Å². The van der Waals surface area contributed by atoms with Gasteiger partial charge >= 0.3 is 0 Å². The lowest BCUT2D eigenvalue weighted by Crippen LogP contribution is -2.38. The van der Waals surface area contributed by atoms with Crippen LogP contribution in [0.5, 0.6) is 0 Å². The number of aliphatic hydroxyl groups excluding tert-OH is 1. The summed E-state index contributed by atoms with van der Waals surface area (Å²) in [6, 6.07) is 9.73. The number of nitrogens with one attached hydrogen (secondary N) is 2. The standard InChI is InChI=1S/C15H24N2O3/c1-12(2)20-11-14(18)9-16-10-15(19)17-8-13-6-4-3-5-7-13/h3-7,12,14,16,18H,8-11H2,1-2H3,(H,17,19). The maximum absolute atomic E-state index is 11.6. The van der Waals surface area contributed by atoms with Crippen molar-refractivity contribution in [3.63, 3.8) is 0 Å². The van der Waals surface area contributed by atoms with Crippen molar-refractivity contribution in [2.75, 3.05) is 19.7 Å². The third kappa shape index (κ3) is 7.89. The summed E-state index contributed by atoms with van der Waals surface area (Å²) in [5, 5.41) is 15.3. The lowest BCUT2D eigenvalue weighted by molar-refractivity contribution is -0.120. The van der Waals surface area contributed by atoms with Gasteiger partial charge in [0.15, 0.2) is 0 Å². The fourth-order valence-electron chi connectivity index (χ4n) is 1.57. The Balaban J connectivity index is 2.08. The molecule has 20 heavy (non-hydrogen) atoms. The van der Waals surface area contributed by atoms with Crippen LogP contribution in [0.1, 0.15) is 19.4 Å². The first kappa shape index (κ1) is 16.6. The Hall–Kier alpha value is -1.43. The smallest absolute Gasteiger partial charge is 0.234 e. The minimum absolute atomic E-state index is 0.0918. The van der Waals surface area contributed by atoms with Crippen molar-refractivity contribution < 1.29 is 14.6 Å². The summed E-state index contributed by atoms with van der Waals surface area (Å²) < 4.78 is 5.28. The zero-order valence-electron chi connectivity index (χ0n) is 12.1. The lowest BCUT2D eigenvalue weighted by atomic mass is 10.2. The highest BCUT2D eigenvalue weighted by Crippen LogP contribution is 1.96. The molecule has 0 saturated carbocycles. The molecular formula is C15H24N2O3. The van der Waals surface area contributed by atoms with E-state index >= 15 is 0 Å². The van der Waals surface area contributed by atoms with E-state index in [1.165, 1.54) is 0 Å². The van der Waals surface area contributed by atoms with Crippen molar-refractivity contribution in [2.24, 2.45) is 0 Å². The molecule has 0 aliphatic heterocycles. The minimum Gasteiger partial charge on any atom is -0.389 e. The summed E-state index contributed by atoms with van der Waals surface area (Å²) in [6.45, 7) is 5.14. The monoisotopic (exact) mass is 280 g/mol. The number of benzene rings is 1. The van der Waals surface area contributed by atoms with Crippen LogP contribution in [-0.2, 0) is 16.1 Å². The quantitative estimate of drug-likeness (QED) is 0.622. The molecular weight excluding hydrogens is 256 g/mol. The first-order valence-electron chi connectivity index (χ1n) is 6.89. The number of ether oxygens (including phenoxy) is 1. The largest absolute Gasteiger partial charge is 0.389 e. The van der Waals surface area contributed by atoms with E-state index < -0.39 is 6.10 Å². The van der Waals surface area contributed by atoms with Crippen LogP contribution in [0.4, 0.5) is 0 Å². The maximum Gasteiger partial charge on any atom is 0.234 e. The molecule has 0 radical (unpaired) electrons. The molecule has 1 aromatic rings. The first-order valence-corrected chi connectivity index (χ1v) is 6.89. The molecule has 0 saturated heterocycles. The Morgan fingerprint density at radius 3 is 2.65 bits per heavy atom. The summed E-state index contributed by atoms with van der Waals surface area (Å²) in [5.41, 5.74) is 1.06. The van der Waals surface area contributed by atoms with E-state index in [2.05, 4.69) is 10.6 Å². The average Bonchev–Trinajstić information content (AvgIpc) is 2.44. The van der Waals surface area contributed by atoms with Crippen molar-refractivity contribution in [3.05, 3.63) is 35.9 Å². The highest BCUT2D eigenvalue weighted by Gasteiger charge is 2.07. The van der Waals surface area contributed by atoms with E-state index in [0.717, 1.165) is 5.56 Å². The summed E-state index contributed by atoms with van der Waals surface area (Å²) in [7, 11) is 0. The second-order valence-electron chi connectivity index (χ2n) is 4.93. The maximum atomic E-state index is 11.6. The Labute approximate surface area is 120 Å². The van der Waals surface area contributed by atoms with Crippen LogP contribution < -0.4 is 10.6 Å². The second kappa shape index (κ2) is 9.47. The SMILES string of the molecule is CC(C)OCC(O)CNCC(=O)NCc1ccccc1. The molecule has 5 heteroatoms. The average molecular weight is 280 g/mol. The number of rotatable bonds is 9. The van der Waals surface area contributed by atoms with Crippen LogP contribution in [0.2, 0.25) is 0 Å². The number of carbonyl (C=O) groups excluding carboxylic acids is 1. The van der Waals surface area contributed by atoms with Crippen LogP contribution in [0.15, 0.2) is 30.3 Å². The molecule has 0 aliphatic carbocycles. The summed E-state index contributed by atoms with van der Waals surface area (Å²) in [5.74, 6) is -0.0918. The Kier molecular flexibility index (Phi) is 7.87. The Bertz CT molecular complexity index is 382. The molecule has 5 nitrogen and oxygen atoms in total. The summed E-state index contributed by atoms with van der Waals surface area (Å²) in [4.78, 5) is 11.6. The summed E-state index contributed by atoms with van der Waals surface area (Å²) >= 11 is 0. The van der Waals surface area contributed by atoms with Crippen LogP contribution in [-0.4, -0.2) is 42.9 Å². The topological polar surface area (TPSA) is 70.6 Å². The third-order valence-corrected chi connectivity index (χ3v) is 2.62. The van der Waals surface area contributed by atoms with Crippen LogP contribution in [0.25, 0.3) is 0 Å². The van der Waals surface area contributed by atoms with Gasteiger partial charge < -0.3 is 20.5 Å². The minimum atomic E-state index is -0.598. The van der Waals surface area contributed by atoms with Gasteiger partial charge in [-0.05, 0) is 19.4 Å². The van der Waals surface area contributed by atoms with Crippen LogP contribution >= 0.6 is 0 Å². The van der Waals surface area contributed by atoms with E-state index in [1.807, 2.05) is 44.2 Å². The van der Waals surface area contributed by atoms with E-state index in [1.54, 1.807) is 0 Å². The van der Waals surface area contributed by atoms with Gasteiger partial charge in [0.25, 0.3) is 0 Å². The Morgan fingerprint density at radius 2 is 2.00 bits per heavy atom. The number of hydrogen-bond donors (Lipinski definition) is 3. The van der Waals surface area contributed by atoms with Crippen molar-refractivity contribution in [2.45, 2.75) is 32.6 Å². The van der Waals surface area contributed by atoms with Gasteiger partial charge in [-0.1, -0.05) is 30.3 Å². The van der Waals surface area contributed by atoms with Gasteiger partial charge in [0, 0.05) is 13.1 Å². The van der Waals surface area contributed by atoms with Gasteiger partial charge in [0.1, 0.15) is 0 Å². The van der Waals surface area contributed by atoms with Gasteiger partial charge in [-0.3, -0.25) is 4.79 Å². The Morgan fingerprint density at radius 1 is 1.30 bits per heavy atom. The molecule has 0 aliphatic rings. The summed E-state index contributed by atoms with van der Waals surface area (Å²) in [6.07, 6.45) is -0.502. The van der Waals surface area contributed by atoms with Gasteiger partial charge in [0.05, 0.1) is 25.4 Å². The zero-order chi connectivity index (χ0) is 14.8. The van der Waals surface area contributed by atoms with Gasteiger partial charge in [-0.2, -0.15) is 0 Å². The molecule has 0 spiro atoms. The molecule has 112 valence electrons. The van der Waals surface area contributed by atoms with Gasteiger partial charge in [-0.25, -0.2) is 0 Å². The molecule has 0 heterocycles. The van der Waals surface area contributed by atoms with Gasteiger partial charge in [-0.15, -0.1) is 0 Å². The predicted molar refractivity (Wildman–Crippen MR) is 78.3 cm³/mol. The molecule has 0 aromatic heterocycles. The molecule has 1 aromatic carbocycles. The fourth-order valence-corrected chi connectivity index (χ4v) is 1.57. The number of aliphatic hydroxyl groups is 1. The van der Waals surface area contributed by atoms with E-state index in [0.29, 0.717) is 13.1 Å². The highest BCUT2D eigenvalue weighted by atomic mass is 16.5. The van der Waals surface area contributed by atoms with E-state index in [9.17, 15) is 9.90 Å². The van der Waals surface area contributed by atoms with E-state index in [4.69, 9.17) is 4.74 Å². The second-order valence-corrected chi connectivity index (χ2v) is 4.93. The number of hydrogen-bond acceptors (Lipinski definition) is 4. The number of amides is 1. The molecule has 0 bridgehead atoms. The van der Waals surface area contributed by atoms with E-state index in [-0.39, 0.29) is 25.2 Å².